The number of aryl methyl sites for hydroxylation is 1. The van der Waals surface area contributed by atoms with Gasteiger partial charge < -0.3 is 4.42 Å². The molecule has 1 heterocycles. The molecule has 0 atom stereocenters. The van der Waals surface area contributed by atoms with Crippen LogP contribution >= 0.6 is 0 Å². The highest BCUT2D eigenvalue weighted by atomic mass is 16.4. The minimum Gasteiger partial charge on any atom is -0.416 e. The van der Waals surface area contributed by atoms with Crippen molar-refractivity contribution in [3.8, 4) is 34.0 Å². The molecule has 0 amide bonds. The van der Waals surface area contributed by atoms with Gasteiger partial charge in [0.15, 0.2) is 0 Å². The van der Waals surface area contributed by atoms with Crippen LogP contribution in [0.4, 0.5) is 0 Å². The van der Waals surface area contributed by atoms with Gasteiger partial charge >= 0.3 is 0 Å². The Labute approximate surface area is 197 Å². The average Bonchev–Trinajstić information content (AvgIpc) is 3.37. The van der Waals surface area contributed by atoms with Crippen LogP contribution < -0.4 is 0 Å². The molecule has 4 rings (SSSR count). The number of nitrogens with zero attached hydrogens (tertiary/aromatic N) is 2. The van der Waals surface area contributed by atoms with E-state index in [1.807, 2.05) is 18.2 Å². The Morgan fingerprint density at radius 2 is 1.33 bits per heavy atom. The van der Waals surface area contributed by atoms with Gasteiger partial charge in [-0.2, -0.15) is 0 Å². The SMILES string of the molecule is C=Cc1ccc(-c2cccc(-c3nnc(-c4ccc(CCCCCCCC)cc4)o3)c2)cc1. The molecule has 3 aromatic carbocycles. The fourth-order valence-corrected chi connectivity index (χ4v) is 4.02. The zero-order valence-electron chi connectivity index (χ0n) is 19.5. The summed E-state index contributed by atoms with van der Waals surface area (Å²) >= 11 is 0. The predicted octanol–water partition coefficient (Wildman–Crippen LogP) is 8.62. The molecule has 0 N–H and O–H groups in total. The van der Waals surface area contributed by atoms with Crippen LogP contribution in [0.2, 0.25) is 0 Å². The first-order valence-electron chi connectivity index (χ1n) is 12.0. The summed E-state index contributed by atoms with van der Waals surface area (Å²) in [4.78, 5) is 0. The number of hydrogen-bond acceptors (Lipinski definition) is 3. The number of benzene rings is 3. The first-order chi connectivity index (χ1) is 16.3. The van der Waals surface area contributed by atoms with Gasteiger partial charge in [-0.1, -0.05) is 100 Å². The molecule has 0 aliphatic carbocycles. The minimum atomic E-state index is 0.533. The van der Waals surface area contributed by atoms with Crippen LogP contribution in [0.25, 0.3) is 40.1 Å². The quantitative estimate of drug-likeness (QED) is 0.221. The van der Waals surface area contributed by atoms with Crippen LogP contribution in [0.15, 0.2) is 83.8 Å². The van der Waals surface area contributed by atoms with Crippen LogP contribution in [0.5, 0.6) is 0 Å². The maximum atomic E-state index is 6.02. The molecule has 4 aromatic rings. The Kier molecular flexibility index (Phi) is 7.86. The summed E-state index contributed by atoms with van der Waals surface area (Å²) in [5.41, 5.74) is 6.60. The summed E-state index contributed by atoms with van der Waals surface area (Å²) in [5.74, 6) is 1.09. The molecular weight excluding hydrogens is 404 g/mol. The largest absolute Gasteiger partial charge is 0.416 e. The van der Waals surface area contributed by atoms with Crippen LogP contribution in [-0.4, -0.2) is 10.2 Å². The lowest BCUT2D eigenvalue weighted by atomic mass is 10.0. The first kappa shape index (κ1) is 22.7. The van der Waals surface area contributed by atoms with Crippen molar-refractivity contribution >= 4 is 6.08 Å². The van der Waals surface area contributed by atoms with Gasteiger partial charge in [0.1, 0.15) is 0 Å². The van der Waals surface area contributed by atoms with Gasteiger partial charge in [0, 0.05) is 11.1 Å². The monoisotopic (exact) mass is 436 g/mol. The second-order valence-corrected chi connectivity index (χ2v) is 8.53. The van der Waals surface area contributed by atoms with Gasteiger partial charge in [0.25, 0.3) is 0 Å². The molecule has 0 bridgehead atoms. The normalized spacial score (nSPS) is 10.9. The number of unbranched alkanes of at least 4 members (excludes halogenated alkanes) is 5. The van der Waals surface area contributed by atoms with Crippen LogP contribution in [0.3, 0.4) is 0 Å². The smallest absolute Gasteiger partial charge is 0.248 e. The van der Waals surface area contributed by atoms with Crippen molar-refractivity contribution in [2.75, 3.05) is 0 Å². The van der Waals surface area contributed by atoms with Crippen molar-refractivity contribution in [3.05, 3.63) is 90.5 Å². The fourth-order valence-electron chi connectivity index (χ4n) is 4.02. The van der Waals surface area contributed by atoms with E-state index in [9.17, 15) is 0 Å². The summed E-state index contributed by atoms with van der Waals surface area (Å²) in [7, 11) is 0. The van der Waals surface area contributed by atoms with Crippen molar-refractivity contribution in [1.82, 2.24) is 10.2 Å². The van der Waals surface area contributed by atoms with E-state index in [1.165, 1.54) is 44.1 Å². The van der Waals surface area contributed by atoms with Gasteiger partial charge in [-0.3, -0.25) is 0 Å². The van der Waals surface area contributed by atoms with Crippen molar-refractivity contribution in [2.24, 2.45) is 0 Å². The predicted molar refractivity (Wildman–Crippen MR) is 138 cm³/mol. The maximum Gasteiger partial charge on any atom is 0.248 e. The van der Waals surface area contributed by atoms with E-state index in [4.69, 9.17) is 4.42 Å². The fraction of sp³-hybridized carbons (Fsp3) is 0.267. The molecule has 0 spiro atoms. The molecule has 1 aromatic heterocycles. The third-order valence-corrected chi connectivity index (χ3v) is 6.03. The molecule has 3 nitrogen and oxygen atoms in total. The van der Waals surface area contributed by atoms with E-state index in [2.05, 4.69) is 84.4 Å². The molecule has 0 saturated carbocycles. The number of hydrogen-bond donors (Lipinski definition) is 0. The molecule has 0 unspecified atom stereocenters. The first-order valence-corrected chi connectivity index (χ1v) is 12.0. The number of aromatic nitrogens is 2. The maximum absolute atomic E-state index is 6.02. The Hall–Kier alpha value is -3.46. The van der Waals surface area contributed by atoms with E-state index in [0.29, 0.717) is 11.8 Å². The van der Waals surface area contributed by atoms with E-state index in [-0.39, 0.29) is 0 Å². The summed E-state index contributed by atoms with van der Waals surface area (Å²) in [6.07, 6.45) is 10.9. The topological polar surface area (TPSA) is 38.9 Å². The summed E-state index contributed by atoms with van der Waals surface area (Å²) in [5, 5.41) is 8.60. The Morgan fingerprint density at radius 1 is 0.697 bits per heavy atom. The minimum absolute atomic E-state index is 0.533. The zero-order chi connectivity index (χ0) is 22.9. The highest BCUT2D eigenvalue weighted by molar-refractivity contribution is 5.71. The molecule has 0 fully saturated rings. The van der Waals surface area contributed by atoms with Crippen LogP contribution in [0.1, 0.15) is 56.6 Å². The lowest BCUT2D eigenvalue weighted by Crippen LogP contribution is -1.87. The molecule has 168 valence electrons. The highest BCUT2D eigenvalue weighted by Gasteiger charge is 2.11. The van der Waals surface area contributed by atoms with Gasteiger partial charge in [0.2, 0.25) is 11.8 Å². The van der Waals surface area contributed by atoms with Crippen molar-refractivity contribution in [2.45, 2.75) is 51.9 Å². The van der Waals surface area contributed by atoms with Crippen molar-refractivity contribution in [1.29, 1.82) is 0 Å². The average molecular weight is 437 g/mol. The molecule has 3 heteroatoms. The summed E-state index contributed by atoms with van der Waals surface area (Å²) in [6, 6.07) is 25.1. The van der Waals surface area contributed by atoms with Gasteiger partial charge in [-0.15, -0.1) is 10.2 Å². The van der Waals surface area contributed by atoms with E-state index >= 15 is 0 Å². The highest BCUT2D eigenvalue weighted by Crippen LogP contribution is 2.28. The van der Waals surface area contributed by atoms with Gasteiger partial charge in [-0.05, 0) is 59.4 Å². The molecule has 0 saturated heterocycles. The molecule has 0 aliphatic heterocycles. The summed E-state index contributed by atoms with van der Waals surface area (Å²) in [6.45, 7) is 6.08. The third kappa shape index (κ3) is 6.07. The van der Waals surface area contributed by atoms with Crippen molar-refractivity contribution < 1.29 is 4.42 Å². The number of rotatable bonds is 11. The Bertz CT molecular complexity index is 1160. The standard InChI is InChI=1S/C30H32N2O/c1-3-5-6-7-8-9-11-24-16-20-26(21-17-24)29-31-32-30(33-29)28-13-10-12-27(22-28)25-18-14-23(4-2)15-19-25/h4,10,12-22H,2-3,5-9,11H2,1H3. The van der Waals surface area contributed by atoms with Crippen molar-refractivity contribution in [3.63, 3.8) is 0 Å². The van der Waals surface area contributed by atoms with Crippen LogP contribution in [-0.2, 0) is 6.42 Å². The second-order valence-electron chi connectivity index (χ2n) is 8.53. The molecule has 0 radical (unpaired) electrons. The van der Waals surface area contributed by atoms with E-state index in [0.717, 1.165) is 34.2 Å². The van der Waals surface area contributed by atoms with Gasteiger partial charge in [0.05, 0.1) is 0 Å². The molecule has 0 aliphatic rings. The molecule has 33 heavy (non-hydrogen) atoms. The van der Waals surface area contributed by atoms with Crippen LogP contribution in [0, 0.1) is 0 Å². The van der Waals surface area contributed by atoms with Gasteiger partial charge in [-0.25, -0.2) is 0 Å². The Morgan fingerprint density at radius 3 is 2.06 bits per heavy atom. The van der Waals surface area contributed by atoms with E-state index < -0.39 is 0 Å². The lowest BCUT2D eigenvalue weighted by molar-refractivity contribution is 0.584. The third-order valence-electron chi connectivity index (χ3n) is 6.03. The summed E-state index contributed by atoms with van der Waals surface area (Å²) < 4.78 is 6.02. The zero-order valence-corrected chi connectivity index (χ0v) is 19.5. The second kappa shape index (κ2) is 11.4. The van der Waals surface area contributed by atoms with E-state index in [1.54, 1.807) is 0 Å². The Balaban J connectivity index is 1.41. The lowest BCUT2D eigenvalue weighted by Gasteiger charge is -2.04. The molecular formula is C30H32N2O.